The van der Waals surface area contributed by atoms with Crippen LogP contribution in [0.15, 0.2) is 22.7 Å². The molecule has 1 aromatic rings. The molecule has 3 atom stereocenters. The van der Waals surface area contributed by atoms with Gasteiger partial charge in [0, 0.05) is 18.4 Å². The molecule has 2 N–H and O–H groups in total. The molecule has 2 heterocycles. The lowest BCUT2D eigenvalue weighted by Crippen LogP contribution is -2.42. The van der Waals surface area contributed by atoms with E-state index in [0.29, 0.717) is 10.4 Å². The number of ether oxygens (including phenoxy) is 1. The van der Waals surface area contributed by atoms with Crippen molar-refractivity contribution in [1.29, 1.82) is 0 Å². The Morgan fingerprint density at radius 1 is 1.50 bits per heavy atom. The zero-order chi connectivity index (χ0) is 14.2. The Labute approximate surface area is 131 Å². The summed E-state index contributed by atoms with van der Waals surface area (Å²) < 4.78 is 20.2. The molecule has 1 aromatic carbocycles. The van der Waals surface area contributed by atoms with Gasteiger partial charge in [-0.3, -0.25) is 0 Å². The van der Waals surface area contributed by atoms with Gasteiger partial charge in [0.2, 0.25) is 0 Å². The van der Waals surface area contributed by atoms with Gasteiger partial charge >= 0.3 is 0 Å². The van der Waals surface area contributed by atoms with Gasteiger partial charge in [-0.05, 0) is 58.5 Å². The molecule has 0 saturated carbocycles. The molecular formula is C15H19BrFNOS. The van der Waals surface area contributed by atoms with Crippen LogP contribution in [0, 0.1) is 11.7 Å². The Morgan fingerprint density at radius 2 is 2.35 bits per heavy atom. The van der Waals surface area contributed by atoms with E-state index in [9.17, 15) is 4.39 Å². The molecule has 20 heavy (non-hydrogen) atoms. The number of hydrogen-bond acceptors (Lipinski definition) is 3. The third kappa shape index (κ3) is 2.78. The van der Waals surface area contributed by atoms with E-state index in [1.54, 1.807) is 6.07 Å². The molecule has 3 rings (SSSR count). The lowest BCUT2D eigenvalue weighted by atomic mass is 9.79. The first-order chi connectivity index (χ1) is 9.61. The maximum Gasteiger partial charge on any atom is 0.137 e. The lowest BCUT2D eigenvalue weighted by molar-refractivity contribution is -0.0834. The Bertz CT molecular complexity index is 493. The van der Waals surface area contributed by atoms with E-state index in [1.165, 1.54) is 11.8 Å². The van der Waals surface area contributed by atoms with Crippen molar-refractivity contribution in [2.75, 3.05) is 18.1 Å². The molecule has 5 heteroatoms. The molecule has 2 nitrogen and oxygen atoms in total. The van der Waals surface area contributed by atoms with E-state index in [4.69, 9.17) is 10.5 Å². The second-order valence-corrected chi connectivity index (χ2v) is 7.65. The number of rotatable bonds is 2. The van der Waals surface area contributed by atoms with Crippen LogP contribution in [0.3, 0.4) is 0 Å². The van der Waals surface area contributed by atoms with Crippen molar-refractivity contribution < 1.29 is 9.13 Å². The summed E-state index contributed by atoms with van der Waals surface area (Å²) in [6.45, 7) is 0.770. The third-order valence-corrected chi connectivity index (χ3v) is 6.51. The SMILES string of the molecule is NC(c1cccc(F)c1Br)C1CCOC2(CCSC2)C1. The second-order valence-electron chi connectivity index (χ2n) is 5.76. The summed E-state index contributed by atoms with van der Waals surface area (Å²) in [6.07, 6.45) is 3.06. The maximum absolute atomic E-state index is 13.7. The van der Waals surface area contributed by atoms with Crippen molar-refractivity contribution in [3.8, 4) is 0 Å². The predicted octanol–water partition coefficient (Wildman–Crippen LogP) is 3.89. The number of thioether (sulfide) groups is 1. The first kappa shape index (κ1) is 14.8. The Balaban J connectivity index is 1.79. The molecule has 1 spiro atoms. The van der Waals surface area contributed by atoms with Crippen LogP contribution in [-0.4, -0.2) is 23.7 Å². The van der Waals surface area contributed by atoms with Crippen LogP contribution >= 0.6 is 27.7 Å². The zero-order valence-electron chi connectivity index (χ0n) is 11.3. The molecule has 2 fully saturated rings. The molecule has 0 aliphatic carbocycles. The zero-order valence-corrected chi connectivity index (χ0v) is 13.7. The van der Waals surface area contributed by atoms with Gasteiger partial charge < -0.3 is 10.5 Å². The molecular weight excluding hydrogens is 341 g/mol. The highest BCUT2D eigenvalue weighted by Crippen LogP contribution is 2.44. The Kier molecular flexibility index (Phi) is 4.41. The largest absolute Gasteiger partial charge is 0.374 e. The first-order valence-corrected chi connectivity index (χ1v) is 8.97. The topological polar surface area (TPSA) is 35.2 Å². The maximum atomic E-state index is 13.7. The molecule has 0 amide bonds. The molecule has 110 valence electrons. The molecule has 2 saturated heterocycles. The van der Waals surface area contributed by atoms with Gasteiger partial charge in [0.15, 0.2) is 0 Å². The smallest absolute Gasteiger partial charge is 0.137 e. The van der Waals surface area contributed by atoms with E-state index in [2.05, 4.69) is 15.9 Å². The normalized spacial score (nSPS) is 31.6. The van der Waals surface area contributed by atoms with Crippen molar-refractivity contribution in [3.63, 3.8) is 0 Å². The van der Waals surface area contributed by atoms with E-state index < -0.39 is 0 Å². The van der Waals surface area contributed by atoms with E-state index in [-0.39, 0.29) is 17.5 Å². The average molecular weight is 360 g/mol. The van der Waals surface area contributed by atoms with Crippen LogP contribution in [0.4, 0.5) is 4.39 Å². The van der Waals surface area contributed by atoms with Gasteiger partial charge in [-0.2, -0.15) is 11.8 Å². The summed E-state index contributed by atoms with van der Waals surface area (Å²) in [7, 11) is 0. The molecule has 0 radical (unpaired) electrons. The van der Waals surface area contributed by atoms with Crippen LogP contribution in [0.25, 0.3) is 0 Å². The van der Waals surface area contributed by atoms with Crippen LogP contribution in [0.1, 0.15) is 30.9 Å². The van der Waals surface area contributed by atoms with E-state index in [0.717, 1.165) is 37.2 Å². The van der Waals surface area contributed by atoms with Gasteiger partial charge in [0.25, 0.3) is 0 Å². The summed E-state index contributed by atoms with van der Waals surface area (Å²) in [5.74, 6) is 2.36. The standard InChI is InChI=1S/C15H19BrFNOS/c16-13-11(2-1-3-12(13)17)14(18)10-4-6-19-15(8-10)5-7-20-9-15/h1-3,10,14H,4-9,18H2. The van der Waals surface area contributed by atoms with Crippen molar-refractivity contribution in [2.45, 2.75) is 30.9 Å². The first-order valence-electron chi connectivity index (χ1n) is 7.02. The summed E-state index contributed by atoms with van der Waals surface area (Å²) in [5.41, 5.74) is 7.32. The quantitative estimate of drug-likeness (QED) is 0.869. The van der Waals surface area contributed by atoms with Crippen molar-refractivity contribution >= 4 is 27.7 Å². The summed E-state index contributed by atoms with van der Waals surface area (Å²) in [4.78, 5) is 0. The third-order valence-electron chi connectivity index (χ3n) is 4.45. The number of hydrogen-bond donors (Lipinski definition) is 1. The van der Waals surface area contributed by atoms with E-state index in [1.807, 2.05) is 17.8 Å². The minimum absolute atomic E-state index is 0.0189. The predicted molar refractivity (Wildman–Crippen MR) is 84.4 cm³/mol. The highest BCUT2D eigenvalue weighted by molar-refractivity contribution is 9.10. The molecule has 0 bridgehead atoms. The summed E-state index contributed by atoms with van der Waals surface area (Å²) in [6, 6.07) is 4.98. The number of halogens is 2. The van der Waals surface area contributed by atoms with Crippen LogP contribution in [-0.2, 0) is 4.74 Å². The second kappa shape index (κ2) is 5.95. The molecule has 3 unspecified atom stereocenters. The summed E-state index contributed by atoms with van der Waals surface area (Å²) in [5, 5.41) is 0. The lowest BCUT2D eigenvalue weighted by Gasteiger charge is -2.40. The van der Waals surface area contributed by atoms with Crippen LogP contribution < -0.4 is 5.73 Å². The fourth-order valence-electron chi connectivity index (χ4n) is 3.27. The molecule has 2 aliphatic heterocycles. The van der Waals surface area contributed by atoms with Crippen molar-refractivity contribution in [3.05, 3.63) is 34.1 Å². The van der Waals surface area contributed by atoms with E-state index >= 15 is 0 Å². The minimum Gasteiger partial charge on any atom is -0.374 e. The van der Waals surface area contributed by atoms with Gasteiger partial charge in [-0.15, -0.1) is 0 Å². The van der Waals surface area contributed by atoms with Crippen molar-refractivity contribution in [2.24, 2.45) is 11.7 Å². The highest BCUT2D eigenvalue weighted by Gasteiger charge is 2.42. The van der Waals surface area contributed by atoms with Gasteiger partial charge in [-0.1, -0.05) is 12.1 Å². The molecule has 0 aromatic heterocycles. The number of nitrogens with two attached hydrogens (primary N) is 1. The fraction of sp³-hybridized carbons (Fsp3) is 0.600. The highest BCUT2D eigenvalue weighted by atomic mass is 79.9. The van der Waals surface area contributed by atoms with Crippen LogP contribution in [0.5, 0.6) is 0 Å². The Hall–Kier alpha value is -0.100. The fourth-order valence-corrected chi connectivity index (χ4v) is 5.17. The van der Waals surface area contributed by atoms with Gasteiger partial charge in [-0.25, -0.2) is 4.39 Å². The molecule has 2 aliphatic rings. The van der Waals surface area contributed by atoms with Crippen molar-refractivity contribution in [1.82, 2.24) is 0 Å². The number of benzene rings is 1. The van der Waals surface area contributed by atoms with Gasteiger partial charge in [0.05, 0.1) is 10.1 Å². The monoisotopic (exact) mass is 359 g/mol. The van der Waals surface area contributed by atoms with Gasteiger partial charge in [0.1, 0.15) is 5.82 Å². The Morgan fingerprint density at radius 3 is 3.10 bits per heavy atom. The summed E-state index contributed by atoms with van der Waals surface area (Å²) >= 11 is 5.29. The van der Waals surface area contributed by atoms with Crippen LogP contribution in [0.2, 0.25) is 0 Å². The average Bonchev–Trinajstić information content (AvgIpc) is 2.89. The minimum atomic E-state index is -0.240.